The number of rotatable bonds is 20. The number of carbonyl (C=O) groups excluding carboxylic acids is 4. The lowest BCUT2D eigenvalue weighted by Gasteiger charge is -2.34. The summed E-state index contributed by atoms with van der Waals surface area (Å²) in [4.78, 5) is 46.7. The second-order valence-corrected chi connectivity index (χ2v) is 17.2. The molecule has 310 valence electrons. The molecule has 0 aliphatic heterocycles. The SMILES string of the molecule is COC(C)COC(=O)NC1CCC(CC2CCC(NC(=O)OC(C)(C)C)CC2)CC1.COCCCCCC(=O)OCOC(=O)CCCCCC(C)(C)C. The van der Waals surface area contributed by atoms with Gasteiger partial charge in [0.15, 0.2) is 0 Å². The molecule has 2 amide bonds. The van der Waals surface area contributed by atoms with E-state index in [0.29, 0.717) is 24.9 Å². The van der Waals surface area contributed by atoms with Crippen molar-refractivity contribution in [2.24, 2.45) is 17.3 Å². The maximum absolute atomic E-state index is 11.9. The molecule has 12 heteroatoms. The second kappa shape index (κ2) is 27.1. The maximum atomic E-state index is 11.9. The van der Waals surface area contributed by atoms with Gasteiger partial charge in [0, 0.05) is 45.8 Å². The minimum atomic E-state index is -0.450. The first-order valence-electron chi connectivity index (χ1n) is 20.3. The molecule has 2 saturated carbocycles. The summed E-state index contributed by atoms with van der Waals surface area (Å²) in [6, 6.07) is 0.461. The van der Waals surface area contributed by atoms with Crippen LogP contribution in [0.1, 0.15) is 164 Å². The largest absolute Gasteiger partial charge is 0.447 e. The molecule has 0 aromatic heterocycles. The quantitative estimate of drug-likeness (QED) is 0.0534. The van der Waals surface area contributed by atoms with Crippen molar-refractivity contribution in [3.8, 4) is 0 Å². The van der Waals surface area contributed by atoms with Crippen LogP contribution in [0.2, 0.25) is 0 Å². The number of unbranched alkanes of at least 4 members (excludes halogenated alkanes) is 4. The lowest BCUT2D eigenvalue weighted by molar-refractivity contribution is -0.167. The van der Waals surface area contributed by atoms with Crippen molar-refractivity contribution in [3.63, 3.8) is 0 Å². The van der Waals surface area contributed by atoms with E-state index in [1.807, 2.05) is 27.7 Å². The highest BCUT2D eigenvalue weighted by molar-refractivity contribution is 5.71. The van der Waals surface area contributed by atoms with Crippen LogP contribution in [0.5, 0.6) is 0 Å². The molecule has 0 radical (unpaired) electrons. The molecule has 2 aliphatic rings. The van der Waals surface area contributed by atoms with E-state index in [1.54, 1.807) is 14.2 Å². The zero-order chi connectivity index (χ0) is 39.7. The van der Waals surface area contributed by atoms with Crippen molar-refractivity contribution in [2.75, 3.05) is 34.2 Å². The number of alkyl carbamates (subject to hydrolysis) is 2. The van der Waals surface area contributed by atoms with Gasteiger partial charge in [-0.05, 0) is 128 Å². The fourth-order valence-electron chi connectivity index (χ4n) is 6.60. The van der Waals surface area contributed by atoms with Crippen LogP contribution < -0.4 is 10.6 Å². The number of nitrogens with one attached hydrogen (secondary N) is 2. The van der Waals surface area contributed by atoms with Crippen molar-refractivity contribution >= 4 is 24.1 Å². The minimum absolute atomic E-state index is 0.0825. The highest BCUT2D eigenvalue weighted by Gasteiger charge is 2.29. The molecule has 0 heterocycles. The van der Waals surface area contributed by atoms with Gasteiger partial charge < -0.3 is 39.1 Å². The van der Waals surface area contributed by atoms with Crippen LogP contribution in [0.3, 0.4) is 0 Å². The fraction of sp³-hybridized carbons (Fsp3) is 0.902. The third-order valence-electron chi connectivity index (χ3n) is 9.73. The predicted octanol–water partition coefficient (Wildman–Crippen LogP) is 9.01. The molecule has 2 fully saturated rings. The standard InChI is InChI=1S/C23H42N2O5.C18H34O5/c1-16(28-5)15-29-21(26)24-19-10-6-17(7-11-19)14-18-8-12-20(13-9-18)25-22(27)30-23(2,3)4;1-18(2,3)13-9-5-7-11-16(19)22-15-23-17(20)12-8-6-10-14-21-4/h16-20H,6-15H2,1-5H3,(H,24,26)(H,25,27);5-15H2,1-4H3. The summed E-state index contributed by atoms with van der Waals surface area (Å²) in [6.45, 7) is 14.9. The zero-order valence-corrected chi connectivity index (χ0v) is 34.8. The predicted molar refractivity (Wildman–Crippen MR) is 206 cm³/mol. The Morgan fingerprint density at radius 2 is 1.13 bits per heavy atom. The zero-order valence-electron chi connectivity index (χ0n) is 34.8. The van der Waals surface area contributed by atoms with Crippen LogP contribution in [0.4, 0.5) is 9.59 Å². The Morgan fingerprint density at radius 1 is 0.642 bits per heavy atom. The number of hydrogen-bond donors (Lipinski definition) is 2. The average molecular weight is 757 g/mol. The third-order valence-corrected chi connectivity index (χ3v) is 9.73. The van der Waals surface area contributed by atoms with Crippen LogP contribution in [0.15, 0.2) is 0 Å². The first-order chi connectivity index (χ1) is 25.0. The number of hydrogen-bond acceptors (Lipinski definition) is 10. The van der Waals surface area contributed by atoms with E-state index >= 15 is 0 Å². The van der Waals surface area contributed by atoms with Crippen LogP contribution in [-0.2, 0) is 38.0 Å². The summed E-state index contributed by atoms with van der Waals surface area (Å²) in [5, 5.41) is 6.02. The smallest absolute Gasteiger partial charge is 0.407 e. The Hall–Kier alpha value is -2.60. The van der Waals surface area contributed by atoms with Crippen molar-refractivity contribution in [1.29, 1.82) is 0 Å². The van der Waals surface area contributed by atoms with Crippen molar-refractivity contribution in [3.05, 3.63) is 0 Å². The summed E-state index contributed by atoms with van der Waals surface area (Å²) < 4.78 is 30.4. The molecular formula is C41H76N2O10. The molecule has 12 nitrogen and oxygen atoms in total. The summed E-state index contributed by atoms with van der Waals surface area (Å²) in [6.07, 6.45) is 16.8. The molecule has 0 saturated heterocycles. The first kappa shape index (κ1) is 48.4. The van der Waals surface area contributed by atoms with Gasteiger partial charge in [0.1, 0.15) is 12.2 Å². The van der Waals surface area contributed by atoms with E-state index < -0.39 is 5.60 Å². The van der Waals surface area contributed by atoms with E-state index in [-0.39, 0.29) is 55.7 Å². The summed E-state index contributed by atoms with van der Waals surface area (Å²) in [5.74, 6) is 0.874. The van der Waals surface area contributed by atoms with E-state index in [9.17, 15) is 19.2 Å². The van der Waals surface area contributed by atoms with Gasteiger partial charge in [-0.3, -0.25) is 9.59 Å². The highest BCUT2D eigenvalue weighted by Crippen LogP contribution is 2.35. The van der Waals surface area contributed by atoms with E-state index in [1.165, 1.54) is 19.3 Å². The lowest BCUT2D eigenvalue weighted by atomic mass is 9.76. The van der Waals surface area contributed by atoms with Gasteiger partial charge in [-0.2, -0.15) is 0 Å². The summed E-state index contributed by atoms with van der Waals surface area (Å²) >= 11 is 0. The lowest BCUT2D eigenvalue weighted by Crippen LogP contribution is -2.41. The van der Waals surface area contributed by atoms with Crippen LogP contribution in [0.25, 0.3) is 0 Å². The van der Waals surface area contributed by atoms with E-state index in [4.69, 9.17) is 28.4 Å². The number of ether oxygens (including phenoxy) is 6. The van der Waals surface area contributed by atoms with Gasteiger partial charge in [0.2, 0.25) is 6.79 Å². The van der Waals surface area contributed by atoms with Gasteiger partial charge in [-0.25, -0.2) is 9.59 Å². The third kappa shape index (κ3) is 27.6. The molecule has 53 heavy (non-hydrogen) atoms. The maximum Gasteiger partial charge on any atom is 0.407 e. The van der Waals surface area contributed by atoms with Crippen LogP contribution in [-0.4, -0.2) is 82.1 Å². The molecular weight excluding hydrogens is 680 g/mol. The molecule has 2 N–H and O–H groups in total. The molecule has 2 aliphatic carbocycles. The first-order valence-corrected chi connectivity index (χ1v) is 20.3. The van der Waals surface area contributed by atoms with Crippen LogP contribution >= 0.6 is 0 Å². The number of methoxy groups -OCH3 is 2. The topological polar surface area (TPSA) is 148 Å². The highest BCUT2D eigenvalue weighted by atomic mass is 16.7. The monoisotopic (exact) mass is 757 g/mol. The van der Waals surface area contributed by atoms with Crippen molar-refractivity contribution in [2.45, 2.75) is 188 Å². The van der Waals surface area contributed by atoms with Gasteiger partial charge in [0.05, 0.1) is 6.10 Å². The van der Waals surface area contributed by atoms with E-state index in [0.717, 1.165) is 95.3 Å². The molecule has 0 spiro atoms. The second-order valence-electron chi connectivity index (χ2n) is 17.2. The van der Waals surface area contributed by atoms with Crippen molar-refractivity contribution in [1.82, 2.24) is 10.6 Å². The number of esters is 2. The summed E-state index contributed by atoms with van der Waals surface area (Å²) in [5.41, 5.74) is -0.105. The molecule has 0 aromatic rings. The number of carbonyl (C=O) groups is 4. The van der Waals surface area contributed by atoms with Gasteiger partial charge in [0.25, 0.3) is 0 Å². The fourth-order valence-corrected chi connectivity index (χ4v) is 6.60. The average Bonchev–Trinajstić information content (AvgIpc) is 3.07. The van der Waals surface area contributed by atoms with Gasteiger partial charge >= 0.3 is 24.1 Å². The Morgan fingerprint density at radius 3 is 1.58 bits per heavy atom. The Bertz CT molecular complexity index is 1010. The summed E-state index contributed by atoms with van der Waals surface area (Å²) in [7, 11) is 3.27. The van der Waals surface area contributed by atoms with Gasteiger partial charge in [-0.1, -0.05) is 40.0 Å². The Labute approximate surface area is 321 Å². The molecule has 1 atom stereocenters. The Balaban J connectivity index is 0.000000552. The van der Waals surface area contributed by atoms with Crippen LogP contribution in [0, 0.1) is 17.3 Å². The Kier molecular flexibility index (Phi) is 24.7. The molecule has 0 bridgehead atoms. The van der Waals surface area contributed by atoms with Gasteiger partial charge in [-0.15, -0.1) is 0 Å². The normalized spacial score (nSPS) is 20.9. The number of amides is 2. The van der Waals surface area contributed by atoms with Crippen molar-refractivity contribution < 1.29 is 47.6 Å². The molecule has 2 rings (SSSR count). The minimum Gasteiger partial charge on any atom is -0.447 e. The molecule has 1 unspecified atom stereocenters. The van der Waals surface area contributed by atoms with E-state index in [2.05, 4.69) is 31.4 Å². The molecule has 0 aromatic carbocycles.